The molecule has 0 aliphatic heterocycles. The van der Waals surface area contributed by atoms with Crippen LogP contribution in [0.3, 0.4) is 0 Å². The summed E-state index contributed by atoms with van der Waals surface area (Å²) in [6.07, 6.45) is 7.43. The zero-order valence-electron chi connectivity index (χ0n) is 7.96. The van der Waals surface area contributed by atoms with Gasteiger partial charge in [0.2, 0.25) is 0 Å². The molecule has 0 atom stereocenters. The fourth-order valence-corrected chi connectivity index (χ4v) is 2.14. The highest BCUT2D eigenvalue weighted by molar-refractivity contribution is 5.58. The molecular weight excluding hydrogens is 172 g/mol. The molecule has 0 spiro atoms. The Bertz CT molecular complexity index is 443. The number of imidazole rings is 1. The van der Waals surface area contributed by atoms with Crippen molar-refractivity contribution in [2.24, 2.45) is 0 Å². The molecule has 2 heteroatoms. The van der Waals surface area contributed by atoms with Crippen LogP contribution in [0, 0.1) is 0 Å². The Balaban J connectivity index is 2.09. The molecule has 1 N–H and O–H groups in total. The molecule has 0 saturated carbocycles. The van der Waals surface area contributed by atoms with E-state index in [4.69, 9.17) is 0 Å². The summed E-state index contributed by atoms with van der Waals surface area (Å²) in [7, 11) is 0. The number of hydrogen-bond acceptors (Lipinski definition) is 1. The molecule has 0 fully saturated rings. The van der Waals surface area contributed by atoms with Crippen molar-refractivity contribution in [2.45, 2.75) is 19.3 Å². The van der Waals surface area contributed by atoms with E-state index >= 15 is 0 Å². The third kappa shape index (κ3) is 1.15. The minimum atomic E-state index is 0.972. The number of nitrogens with zero attached hydrogens (tertiary/aromatic N) is 1. The lowest BCUT2D eigenvalue weighted by atomic mass is 10.1. The van der Waals surface area contributed by atoms with Gasteiger partial charge in [-0.15, -0.1) is 0 Å². The number of aryl methyl sites for hydroxylation is 2. The predicted molar refractivity (Wildman–Crippen MR) is 56.0 cm³/mol. The molecule has 1 heterocycles. The minimum absolute atomic E-state index is 0.972. The van der Waals surface area contributed by atoms with E-state index in [2.05, 4.69) is 28.2 Å². The van der Waals surface area contributed by atoms with Crippen LogP contribution in [0.5, 0.6) is 0 Å². The van der Waals surface area contributed by atoms with Crippen molar-refractivity contribution in [2.75, 3.05) is 0 Å². The quantitative estimate of drug-likeness (QED) is 0.725. The van der Waals surface area contributed by atoms with E-state index in [1.165, 1.54) is 36.0 Å². The van der Waals surface area contributed by atoms with Gasteiger partial charge in [0.15, 0.2) is 0 Å². The molecule has 70 valence electrons. The smallest absolute Gasteiger partial charge is 0.137 e. The first kappa shape index (κ1) is 7.80. The van der Waals surface area contributed by atoms with E-state index in [1.807, 2.05) is 6.20 Å². The third-order valence-electron chi connectivity index (χ3n) is 2.87. The van der Waals surface area contributed by atoms with Crippen LogP contribution >= 0.6 is 0 Å². The van der Waals surface area contributed by atoms with Crippen LogP contribution < -0.4 is 0 Å². The molecule has 1 aromatic carbocycles. The minimum Gasteiger partial charge on any atom is -0.345 e. The van der Waals surface area contributed by atoms with Crippen molar-refractivity contribution in [1.29, 1.82) is 0 Å². The van der Waals surface area contributed by atoms with Crippen LogP contribution in [0.4, 0.5) is 0 Å². The van der Waals surface area contributed by atoms with Crippen LogP contribution in [0.2, 0.25) is 0 Å². The first-order valence-corrected chi connectivity index (χ1v) is 5.05. The zero-order valence-corrected chi connectivity index (χ0v) is 7.96. The van der Waals surface area contributed by atoms with Gasteiger partial charge in [0.1, 0.15) is 5.82 Å². The number of rotatable bonds is 1. The van der Waals surface area contributed by atoms with Crippen LogP contribution in [-0.2, 0) is 12.8 Å². The molecule has 0 amide bonds. The Morgan fingerprint density at radius 3 is 2.93 bits per heavy atom. The Morgan fingerprint density at radius 1 is 1.14 bits per heavy atom. The lowest BCUT2D eigenvalue weighted by Gasteiger charge is -2.01. The second-order valence-electron chi connectivity index (χ2n) is 3.77. The summed E-state index contributed by atoms with van der Waals surface area (Å²) in [5.74, 6) is 0.972. The molecule has 0 saturated heterocycles. The number of aromatic nitrogens is 2. The van der Waals surface area contributed by atoms with Crippen LogP contribution in [0.25, 0.3) is 11.4 Å². The van der Waals surface area contributed by atoms with Crippen molar-refractivity contribution in [3.63, 3.8) is 0 Å². The maximum absolute atomic E-state index is 4.26. The van der Waals surface area contributed by atoms with Crippen molar-refractivity contribution in [3.8, 4) is 11.4 Å². The standard InChI is InChI=1S/C12H12N2/c1-2-9-4-5-11(8-10(9)3-1)12-13-6-7-14-12/h4-8H,1-3H2,(H,13,14). The molecular formula is C12H12N2. The zero-order chi connectivity index (χ0) is 9.38. The van der Waals surface area contributed by atoms with Crippen molar-refractivity contribution in [1.82, 2.24) is 9.97 Å². The highest BCUT2D eigenvalue weighted by atomic mass is 14.9. The lowest BCUT2D eigenvalue weighted by molar-refractivity contribution is 0.912. The normalized spacial score (nSPS) is 14.3. The second kappa shape index (κ2) is 2.98. The van der Waals surface area contributed by atoms with E-state index in [0.29, 0.717) is 0 Å². The molecule has 0 unspecified atom stereocenters. The van der Waals surface area contributed by atoms with Gasteiger partial charge in [-0.3, -0.25) is 0 Å². The van der Waals surface area contributed by atoms with E-state index in [-0.39, 0.29) is 0 Å². The molecule has 3 rings (SSSR count). The third-order valence-corrected chi connectivity index (χ3v) is 2.87. The maximum Gasteiger partial charge on any atom is 0.137 e. The topological polar surface area (TPSA) is 28.7 Å². The van der Waals surface area contributed by atoms with Crippen LogP contribution in [0.1, 0.15) is 17.5 Å². The highest BCUT2D eigenvalue weighted by Gasteiger charge is 2.11. The van der Waals surface area contributed by atoms with Gasteiger partial charge in [-0.1, -0.05) is 12.1 Å². The fraction of sp³-hybridized carbons (Fsp3) is 0.250. The van der Waals surface area contributed by atoms with E-state index in [9.17, 15) is 0 Å². The van der Waals surface area contributed by atoms with Gasteiger partial charge < -0.3 is 4.98 Å². The highest BCUT2D eigenvalue weighted by Crippen LogP contribution is 2.26. The number of nitrogens with one attached hydrogen (secondary N) is 1. The van der Waals surface area contributed by atoms with Gasteiger partial charge in [0.25, 0.3) is 0 Å². The Kier molecular flexibility index (Phi) is 1.66. The lowest BCUT2D eigenvalue weighted by Crippen LogP contribution is -1.85. The fourth-order valence-electron chi connectivity index (χ4n) is 2.14. The monoisotopic (exact) mass is 184 g/mol. The van der Waals surface area contributed by atoms with Crippen LogP contribution in [-0.4, -0.2) is 9.97 Å². The summed E-state index contributed by atoms with van der Waals surface area (Å²) >= 11 is 0. The van der Waals surface area contributed by atoms with E-state index in [0.717, 1.165) is 5.82 Å². The first-order chi connectivity index (χ1) is 6.93. The van der Waals surface area contributed by atoms with E-state index in [1.54, 1.807) is 6.20 Å². The van der Waals surface area contributed by atoms with Crippen LogP contribution in [0.15, 0.2) is 30.6 Å². The summed E-state index contributed by atoms with van der Waals surface area (Å²) in [6.45, 7) is 0. The predicted octanol–water partition coefficient (Wildman–Crippen LogP) is 2.57. The average molecular weight is 184 g/mol. The summed E-state index contributed by atoms with van der Waals surface area (Å²) in [6, 6.07) is 6.66. The van der Waals surface area contributed by atoms with Gasteiger partial charge in [-0.2, -0.15) is 0 Å². The SMILES string of the molecule is c1c[nH]c(-c2ccc3c(c2)CCC3)n1. The Morgan fingerprint density at radius 2 is 2.07 bits per heavy atom. The second-order valence-corrected chi connectivity index (χ2v) is 3.77. The first-order valence-electron chi connectivity index (χ1n) is 5.05. The molecule has 2 nitrogen and oxygen atoms in total. The summed E-state index contributed by atoms with van der Waals surface area (Å²) < 4.78 is 0. The van der Waals surface area contributed by atoms with Crippen molar-refractivity contribution < 1.29 is 0 Å². The molecule has 2 aromatic rings. The maximum atomic E-state index is 4.26. The Labute approximate surface area is 83.0 Å². The number of aromatic amines is 1. The van der Waals surface area contributed by atoms with Gasteiger partial charge in [-0.25, -0.2) is 4.98 Å². The van der Waals surface area contributed by atoms with Gasteiger partial charge in [-0.05, 0) is 36.5 Å². The molecule has 1 aliphatic carbocycles. The number of hydrogen-bond donors (Lipinski definition) is 1. The number of benzene rings is 1. The largest absolute Gasteiger partial charge is 0.345 e. The molecule has 1 aromatic heterocycles. The van der Waals surface area contributed by atoms with Crippen molar-refractivity contribution >= 4 is 0 Å². The molecule has 0 bridgehead atoms. The Hall–Kier alpha value is -1.57. The summed E-state index contributed by atoms with van der Waals surface area (Å²) in [5.41, 5.74) is 4.22. The molecule has 1 aliphatic rings. The van der Waals surface area contributed by atoms with Gasteiger partial charge >= 0.3 is 0 Å². The molecule has 0 radical (unpaired) electrons. The van der Waals surface area contributed by atoms with Crippen molar-refractivity contribution in [3.05, 3.63) is 41.7 Å². The average Bonchev–Trinajstić information content (AvgIpc) is 2.88. The number of fused-ring (bicyclic) bond motifs is 1. The van der Waals surface area contributed by atoms with E-state index < -0.39 is 0 Å². The van der Waals surface area contributed by atoms with Gasteiger partial charge in [0.05, 0.1) is 0 Å². The van der Waals surface area contributed by atoms with Gasteiger partial charge in [0, 0.05) is 18.0 Å². The summed E-state index contributed by atoms with van der Waals surface area (Å²) in [5, 5.41) is 0. The summed E-state index contributed by atoms with van der Waals surface area (Å²) in [4.78, 5) is 7.39. The molecule has 14 heavy (non-hydrogen) atoms. The number of H-pyrrole nitrogens is 1.